The number of aromatic amines is 1. The number of nitrogens with zero attached hydrogens (tertiary/aromatic N) is 1. The summed E-state index contributed by atoms with van der Waals surface area (Å²) in [6.07, 6.45) is 1.86. The Morgan fingerprint density at radius 2 is 2.58 bits per heavy atom. The number of H-pyrrole nitrogens is 1. The molecule has 1 aliphatic rings. The van der Waals surface area contributed by atoms with Crippen molar-refractivity contribution in [3.05, 3.63) is 17.5 Å². The lowest BCUT2D eigenvalue weighted by molar-refractivity contribution is 0.0767. The van der Waals surface area contributed by atoms with E-state index in [0.29, 0.717) is 6.04 Å². The molecule has 2 heterocycles. The summed E-state index contributed by atoms with van der Waals surface area (Å²) in [5.74, 6) is 0. The van der Waals surface area contributed by atoms with Gasteiger partial charge in [0.2, 0.25) is 0 Å². The second-order valence-corrected chi connectivity index (χ2v) is 3.03. The Balaban J connectivity index is 2.13. The van der Waals surface area contributed by atoms with Crippen molar-refractivity contribution < 1.29 is 4.74 Å². The van der Waals surface area contributed by atoms with Gasteiger partial charge in [0.1, 0.15) is 0 Å². The highest BCUT2D eigenvalue weighted by Gasteiger charge is 2.17. The molecule has 0 aliphatic carbocycles. The lowest BCUT2D eigenvalue weighted by Crippen LogP contribution is -2.34. The molecule has 0 amide bonds. The Morgan fingerprint density at radius 1 is 1.67 bits per heavy atom. The van der Waals surface area contributed by atoms with E-state index in [9.17, 15) is 0 Å². The summed E-state index contributed by atoms with van der Waals surface area (Å²) in [5.41, 5.74) is 2.34. The van der Waals surface area contributed by atoms with Gasteiger partial charge in [0.25, 0.3) is 0 Å². The Bertz CT molecular complexity index is 253. The van der Waals surface area contributed by atoms with Crippen molar-refractivity contribution >= 4 is 0 Å². The van der Waals surface area contributed by atoms with Gasteiger partial charge in [0.05, 0.1) is 25.5 Å². The van der Waals surface area contributed by atoms with Crippen LogP contribution in [0.2, 0.25) is 0 Å². The van der Waals surface area contributed by atoms with Crippen molar-refractivity contribution in [3.8, 4) is 0 Å². The molecule has 0 saturated carbocycles. The molecular weight excluding hydrogens is 154 g/mol. The first-order valence-electron chi connectivity index (χ1n) is 4.19. The normalized spacial score (nSPS) is 24.2. The molecule has 4 nitrogen and oxygen atoms in total. The molecule has 1 fully saturated rings. The van der Waals surface area contributed by atoms with Gasteiger partial charge < -0.3 is 10.1 Å². The number of rotatable bonds is 1. The van der Waals surface area contributed by atoms with E-state index in [-0.39, 0.29) is 0 Å². The van der Waals surface area contributed by atoms with Crippen LogP contribution >= 0.6 is 0 Å². The number of morpholine rings is 1. The van der Waals surface area contributed by atoms with Crippen molar-refractivity contribution in [2.24, 2.45) is 0 Å². The number of hydrogen-bond donors (Lipinski definition) is 2. The second-order valence-electron chi connectivity index (χ2n) is 3.03. The fourth-order valence-electron chi connectivity index (χ4n) is 1.48. The highest BCUT2D eigenvalue weighted by atomic mass is 16.5. The minimum atomic E-state index is 0.317. The van der Waals surface area contributed by atoms with Crippen molar-refractivity contribution in [1.82, 2.24) is 15.5 Å². The SMILES string of the molecule is Cc1[nH]ncc1C1COCCN1. The van der Waals surface area contributed by atoms with Crippen LogP contribution in [0.5, 0.6) is 0 Å². The molecule has 1 aliphatic heterocycles. The zero-order valence-electron chi connectivity index (χ0n) is 7.13. The summed E-state index contributed by atoms with van der Waals surface area (Å²) >= 11 is 0. The molecule has 0 aromatic carbocycles. The predicted molar refractivity (Wildman–Crippen MR) is 44.9 cm³/mol. The van der Waals surface area contributed by atoms with Crippen molar-refractivity contribution in [1.29, 1.82) is 0 Å². The van der Waals surface area contributed by atoms with Crippen LogP contribution in [0.25, 0.3) is 0 Å². The molecule has 1 atom stereocenters. The predicted octanol–water partition coefficient (Wildman–Crippen LogP) is 0.379. The molecule has 1 saturated heterocycles. The molecule has 12 heavy (non-hydrogen) atoms. The average molecular weight is 167 g/mol. The lowest BCUT2D eigenvalue weighted by Gasteiger charge is -2.23. The summed E-state index contributed by atoms with van der Waals surface area (Å²) in [6, 6.07) is 0.317. The van der Waals surface area contributed by atoms with Crippen LogP contribution in [-0.4, -0.2) is 30.0 Å². The molecule has 1 aromatic rings. The zero-order valence-corrected chi connectivity index (χ0v) is 7.13. The fourth-order valence-corrected chi connectivity index (χ4v) is 1.48. The number of aromatic nitrogens is 2. The molecule has 2 rings (SSSR count). The van der Waals surface area contributed by atoms with Gasteiger partial charge in [-0.25, -0.2) is 0 Å². The highest BCUT2D eigenvalue weighted by molar-refractivity contribution is 5.19. The van der Waals surface area contributed by atoms with Crippen LogP contribution in [0.4, 0.5) is 0 Å². The smallest absolute Gasteiger partial charge is 0.0663 e. The Morgan fingerprint density at radius 3 is 3.17 bits per heavy atom. The summed E-state index contributed by atoms with van der Waals surface area (Å²) in [7, 11) is 0. The topological polar surface area (TPSA) is 49.9 Å². The number of hydrogen-bond acceptors (Lipinski definition) is 3. The van der Waals surface area contributed by atoms with E-state index in [1.54, 1.807) is 0 Å². The first-order valence-corrected chi connectivity index (χ1v) is 4.19. The molecule has 0 radical (unpaired) electrons. The Hall–Kier alpha value is -0.870. The van der Waals surface area contributed by atoms with Gasteiger partial charge in [-0.15, -0.1) is 0 Å². The number of ether oxygens (including phenoxy) is 1. The maximum Gasteiger partial charge on any atom is 0.0663 e. The fraction of sp³-hybridized carbons (Fsp3) is 0.625. The van der Waals surface area contributed by atoms with Crippen molar-refractivity contribution in [2.45, 2.75) is 13.0 Å². The molecule has 0 bridgehead atoms. The molecule has 66 valence electrons. The standard InChI is InChI=1S/C8H13N3O/c1-6-7(4-10-11-6)8-5-12-3-2-9-8/h4,8-9H,2-3,5H2,1H3,(H,10,11). The van der Waals surface area contributed by atoms with Gasteiger partial charge in [-0.2, -0.15) is 5.10 Å². The third-order valence-corrected chi connectivity index (χ3v) is 2.17. The first kappa shape index (κ1) is 7.76. The largest absolute Gasteiger partial charge is 0.378 e. The third-order valence-electron chi connectivity index (χ3n) is 2.17. The summed E-state index contributed by atoms with van der Waals surface area (Å²) in [6.45, 7) is 4.52. The minimum absolute atomic E-state index is 0.317. The molecule has 1 unspecified atom stereocenters. The molecule has 4 heteroatoms. The van der Waals surface area contributed by atoms with Gasteiger partial charge in [-0.3, -0.25) is 5.10 Å². The second kappa shape index (κ2) is 3.25. The van der Waals surface area contributed by atoms with Crippen LogP contribution in [-0.2, 0) is 4.74 Å². The Labute approximate surface area is 71.3 Å². The first-order chi connectivity index (χ1) is 5.88. The number of aryl methyl sites for hydroxylation is 1. The van der Waals surface area contributed by atoms with Gasteiger partial charge >= 0.3 is 0 Å². The molecular formula is C8H13N3O. The summed E-state index contributed by atoms with van der Waals surface area (Å²) in [4.78, 5) is 0. The van der Waals surface area contributed by atoms with E-state index in [1.165, 1.54) is 5.56 Å². The van der Waals surface area contributed by atoms with Gasteiger partial charge in [-0.05, 0) is 6.92 Å². The van der Waals surface area contributed by atoms with Crippen LogP contribution < -0.4 is 5.32 Å². The summed E-state index contributed by atoms with van der Waals surface area (Å²) in [5, 5.41) is 10.3. The zero-order chi connectivity index (χ0) is 8.39. The van der Waals surface area contributed by atoms with Crippen LogP contribution in [0.1, 0.15) is 17.3 Å². The van der Waals surface area contributed by atoms with Gasteiger partial charge in [0, 0.05) is 17.8 Å². The molecule has 2 N–H and O–H groups in total. The lowest BCUT2D eigenvalue weighted by atomic mass is 10.1. The van der Waals surface area contributed by atoms with Crippen molar-refractivity contribution in [2.75, 3.05) is 19.8 Å². The van der Waals surface area contributed by atoms with Crippen molar-refractivity contribution in [3.63, 3.8) is 0 Å². The monoisotopic (exact) mass is 167 g/mol. The Kier molecular flexibility index (Phi) is 2.10. The van der Waals surface area contributed by atoms with Crippen LogP contribution in [0.15, 0.2) is 6.20 Å². The minimum Gasteiger partial charge on any atom is -0.378 e. The maximum absolute atomic E-state index is 5.36. The number of nitrogens with one attached hydrogen (secondary N) is 2. The van der Waals surface area contributed by atoms with E-state index in [0.717, 1.165) is 25.5 Å². The summed E-state index contributed by atoms with van der Waals surface area (Å²) < 4.78 is 5.36. The van der Waals surface area contributed by atoms with E-state index >= 15 is 0 Å². The third kappa shape index (κ3) is 1.35. The van der Waals surface area contributed by atoms with E-state index in [2.05, 4.69) is 15.5 Å². The van der Waals surface area contributed by atoms with Gasteiger partial charge in [0.15, 0.2) is 0 Å². The maximum atomic E-state index is 5.36. The van der Waals surface area contributed by atoms with E-state index < -0.39 is 0 Å². The molecule has 1 aromatic heterocycles. The average Bonchev–Trinajstić information content (AvgIpc) is 2.53. The van der Waals surface area contributed by atoms with Crippen LogP contribution in [0.3, 0.4) is 0 Å². The van der Waals surface area contributed by atoms with E-state index in [4.69, 9.17) is 4.74 Å². The quantitative estimate of drug-likeness (QED) is 0.635. The highest BCUT2D eigenvalue weighted by Crippen LogP contribution is 2.16. The van der Waals surface area contributed by atoms with Gasteiger partial charge in [-0.1, -0.05) is 0 Å². The molecule has 0 spiro atoms. The van der Waals surface area contributed by atoms with E-state index in [1.807, 2.05) is 13.1 Å². The van der Waals surface area contributed by atoms with Crippen LogP contribution in [0, 0.1) is 6.92 Å².